The van der Waals surface area contributed by atoms with E-state index in [0.717, 1.165) is 23.7 Å². The summed E-state index contributed by atoms with van der Waals surface area (Å²) in [5.41, 5.74) is 3.25. The Morgan fingerprint density at radius 3 is 2.35 bits per heavy atom. The van der Waals surface area contributed by atoms with E-state index in [4.69, 9.17) is 0 Å². The second kappa shape index (κ2) is 6.33. The normalized spacial score (nSPS) is 26.5. The van der Waals surface area contributed by atoms with Crippen molar-refractivity contribution in [1.29, 1.82) is 0 Å². The molecule has 2 aliphatic heterocycles. The van der Waals surface area contributed by atoms with E-state index in [9.17, 15) is 4.79 Å². The van der Waals surface area contributed by atoms with Crippen LogP contribution in [0.5, 0.6) is 0 Å². The van der Waals surface area contributed by atoms with Crippen LogP contribution < -0.4 is 0 Å². The monoisotopic (exact) mass is 343 g/mol. The van der Waals surface area contributed by atoms with E-state index in [-0.39, 0.29) is 5.91 Å². The number of piperidine rings is 1. The fraction of sp³-hybridized carbons (Fsp3) is 0.421. The number of thioether (sulfide) groups is 1. The summed E-state index contributed by atoms with van der Waals surface area (Å²) in [5.74, 6) is 0.230. The van der Waals surface area contributed by atoms with Crippen LogP contribution in [0.1, 0.15) is 36.0 Å². The smallest absolute Gasteiger partial charge is 0.254 e. The van der Waals surface area contributed by atoms with Gasteiger partial charge >= 0.3 is 0 Å². The zero-order valence-corrected chi connectivity index (χ0v) is 14.9. The molecule has 4 heteroatoms. The molecular formula is C19H21NOS2. The van der Waals surface area contributed by atoms with Gasteiger partial charge in [0.1, 0.15) is 0 Å². The predicted octanol–water partition coefficient (Wildman–Crippen LogP) is 4.91. The number of hydrogen-bond donors (Lipinski definition) is 0. The predicted molar refractivity (Wildman–Crippen MR) is 99.3 cm³/mol. The summed E-state index contributed by atoms with van der Waals surface area (Å²) in [6.45, 7) is 0. The quantitative estimate of drug-likeness (QED) is 0.789. The van der Waals surface area contributed by atoms with Gasteiger partial charge in [-0.3, -0.25) is 4.79 Å². The minimum absolute atomic E-state index is 0.230. The molecule has 0 radical (unpaired) electrons. The number of hydrogen-bond acceptors (Lipinski definition) is 3. The third kappa shape index (κ3) is 2.83. The van der Waals surface area contributed by atoms with Crippen molar-refractivity contribution in [3.8, 4) is 11.1 Å². The molecule has 2 aromatic rings. The van der Waals surface area contributed by atoms with E-state index in [2.05, 4.69) is 40.1 Å². The van der Waals surface area contributed by atoms with Crippen LogP contribution in [-0.2, 0) is 0 Å². The van der Waals surface area contributed by atoms with Gasteiger partial charge in [-0.05, 0) is 72.0 Å². The van der Waals surface area contributed by atoms with Crippen molar-refractivity contribution in [2.24, 2.45) is 0 Å². The lowest BCUT2D eigenvalue weighted by Gasteiger charge is -2.38. The van der Waals surface area contributed by atoms with Gasteiger partial charge in [0.2, 0.25) is 0 Å². The molecule has 1 aromatic carbocycles. The fourth-order valence-electron chi connectivity index (χ4n) is 4.03. The van der Waals surface area contributed by atoms with Crippen LogP contribution in [0, 0.1) is 0 Å². The van der Waals surface area contributed by atoms with E-state index in [0.29, 0.717) is 12.1 Å². The first-order valence-corrected chi connectivity index (χ1v) is 10.5. The van der Waals surface area contributed by atoms with E-state index in [1.54, 1.807) is 11.3 Å². The first-order chi connectivity index (χ1) is 11.3. The summed E-state index contributed by atoms with van der Waals surface area (Å²) < 4.78 is 0. The van der Waals surface area contributed by atoms with Gasteiger partial charge in [0.05, 0.1) is 0 Å². The van der Waals surface area contributed by atoms with Crippen molar-refractivity contribution >= 4 is 29.0 Å². The summed E-state index contributed by atoms with van der Waals surface area (Å²) >= 11 is 3.67. The number of carbonyl (C=O) groups is 1. The molecule has 0 aliphatic carbocycles. The Bertz CT molecular complexity index is 666. The molecule has 120 valence electrons. The molecule has 2 atom stereocenters. The number of amides is 1. The average molecular weight is 344 g/mol. The number of rotatable bonds is 3. The Morgan fingerprint density at radius 2 is 1.78 bits per heavy atom. The fourth-order valence-corrected chi connectivity index (χ4v) is 5.53. The molecule has 2 bridgehead atoms. The lowest BCUT2D eigenvalue weighted by molar-refractivity contribution is 0.0602. The number of benzene rings is 1. The molecule has 0 N–H and O–H groups in total. The van der Waals surface area contributed by atoms with Crippen molar-refractivity contribution in [2.75, 3.05) is 6.26 Å². The van der Waals surface area contributed by atoms with Gasteiger partial charge in [-0.25, -0.2) is 0 Å². The van der Waals surface area contributed by atoms with E-state index in [1.807, 2.05) is 23.9 Å². The molecule has 2 aliphatic rings. The first-order valence-electron chi connectivity index (χ1n) is 8.24. The maximum Gasteiger partial charge on any atom is 0.254 e. The molecule has 4 rings (SSSR count). The van der Waals surface area contributed by atoms with Crippen molar-refractivity contribution in [3.05, 3.63) is 46.7 Å². The van der Waals surface area contributed by atoms with Gasteiger partial charge in [0, 0.05) is 22.9 Å². The largest absolute Gasteiger partial charge is 0.333 e. The molecular weight excluding hydrogens is 322 g/mol. The molecule has 1 aromatic heterocycles. The Labute approximate surface area is 145 Å². The van der Waals surface area contributed by atoms with Crippen LogP contribution in [0.15, 0.2) is 41.1 Å². The second-order valence-corrected chi connectivity index (χ2v) is 8.43. The summed E-state index contributed by atoms with van der Waals surface area (Å²) in [7, 11) is 0. The highest BCUT2D eigenvalue weighted by molar-refractivity contribution is 7.99. The molecule has 2 nitrogen and oxygen atoms in total. The van der Waals surface area contributed by atoms with Crippen LogP contribution in [0.4, 0.5) is 0 Å². The number of nitrogens with zero attached hydrogens (tertiary/aromatic N) is 1. The Hall–Kier alpha value is -1.26. The molecule has 1 amide bonds. The number of carbonyl (C=O) groups excluding carboxylic acids is 1. The lowest BCUT2D eigenvalue weighted by atomic mass is 10.00. The van der Waals surface area contributed by atoms with Gasteiger partial charge in [0.25, 0.3) is 5.91 Å². The van der Waals surface area contributed by atoms with Gasteiger partial charge < -0.3 is 4.90 Å². The average Bonchev–Trinajstić information content (AvgIpc) is 3.21. The van der Waals surface area contributed by atoms with Crippen molar-refractivity contribution in [1.82, 2.24) is 4.90 Å². The molecule has 2 saturated heterocycles. The summed E-state index contributed by atoms with van der Waals surface area (Å²) in [4.78, 5) is 15.2. The second-order valence-electron chi connectivity index (χ2n) is 6.52. The van der Waals surface area contributed by atoms with Crippen molar-refractivity contribution in [3.63, 3.8) is 0 Å². The Kier molecular flexibility index (Phi) is 4.20. The van der Waals surface area contributed by atoms with E-state index >= 15 is 0 Å². The lowest BCUT2D eigenvalue weighted by Crippen LogP contribution is -2.47. The minimum Gasteiger partial charge on any atom is -0.333 e. The zero-order chi connectivity index (χ0) is 15.8. The number of fused-ring (bicyclic) bond motifs is 2. The van der Waals surface area contributed by atoms with Crippen LogP contribution >= 0.6 is 23.1 Å². The van der Waals surface area contributed by atoms with Crippen LogP contribution in [0.25, 0.3) is 11.1 Å². The highest BCUT2D eigenvalue weighted by atomic mass is 32.2. The molecule has 2 unspecified atom stereocenters. The third-order valence-corrected chi connectivity index (χ3v) is 6.98. The van der Waals surface area contributed by atoms with E-state index < -0.39 is 0 Å². The van der Waals surface area contributed by atoms with Gasteiger partial charge in [0.15, 0.2) is 0 Å². The van der Waals surface area contributed by atoms with Crippen LogP contribution in [0.2, 0.25) is 0 Å². The highest BCUT2D eigenvalue weighted by Gasteiger charge is 2.43. The van der Waals surface area contributed by atoms with Gasteiger partial charge in [-0.1, -0.05) is 12.1 Å². The summed E-state index contributed by atoms with van der Waals surface area (Å²) in [6.07, 6.45) is 6.89. The molecule has 0 saturated carbocycles. The molecule has 0 spiro atoms. The standard InChI is InChI=1S/C19H21NOS2/c1-22-18-10-16-6-7-17(11-18)20(16)19(21)14-4-2-13(3-5-14)15-8-9-23-12-15/h2-5,8-9,12,16-18H,6-7,10-11H2,1H3. The highest BCUT2D eigenvalue weighted by Crippen LogP contribution is 2.40. The first kappa shape index (κ1) is 15.3. The van der Waals surface area contributed by atoms with E-state index in [1.165, 1.54) is 24.0 Å². The van der Waals surface area contributed by atoms with Crippen molar-refractivity contribution in [2.45, 2.75) is 43.0 Å². The number of thiophene rings is 1. The molecule has 3 heterocycles. The SMILES string of the molecule is CSC1CC2CCC(C1)N2C(=O)c1ccc(-c2ccsc2)cc1. The van der Waals surface area contributed by atoms with Crippen LogP contribution in [0.3, 0.4) is 0 Å². The molecule has 23 heavy (non-hydrogen) atoms. The Morgan fingerprint density at radius 1 is 1.09 bits per heavy atom. The van der Waals surface area contributed by atoms with Crippen LogP contribution in [-0.4, -0.2) is 34.4 Å². The third-order valence-electron chi connectivity index (χ3n) is 5.24. The van der Waals surface area contributed by atoms with Gasteiger partial charge in [-0.2, -0.15) is 23.1 Å². The zero-order valence-electron chi connectivity index (χ0n) is 13.3. The van der Waals surface area contributed by atoms with Gasteiger partial charge in [-0.15, -0.1) is 0 Å². The topological polar surface area (TPSA) is 20.3 Å². The molecule has 2 fully saturated rings. The van der Waals surface area contributed by atoms with Crippen molar-refractivity contribution < 1.29 is 4.79 Å². The minimum atomic E-state index is 0.230. The Balaban J connectivity index is 1.53. The summed E-state index contributed by atoms with van der Waals surface area (Å²) in [6, 6.07) is 11.2. The maximum absolute atomic E-state index is 13.0. The maximum atomic E-state index is 13.0. The summed E-state index contributed by atoms with van der Waals surface area (Å²) in [5, 5.41) is 4.96.